The highest BCUT2D eigenvalue weighted by Crippen LogP contribution is 2.35. The number of amides is 4. The van der Waals surface area contributed by atoms with E-state index >= 15 is 0 Å². The summed E-state index contributed by atoms with van der Waals surface area (Å²) in [5.41, 5.74) is 8.95. The number of methoxy groups -OCH3 is 3. The van der Waals surface area contributed by atoms with Crippen LogP contribution in [0.25, 0.3) is 0 Å². The number of para-hydroxylation sites is 1. The number of likely N-dealkylation sites (N-methyl/N-ethyl adjacent to an activating group) is 1. The number of nitrogens with two attached hydrogens (primary N) is 1. The average Bonchev–Trinajstić information content (AvgIpc) is 3.56. The van der Waals surface area contributed by atoms with Gasteiger partial charge in [-0.15, -0.1) is 0 Å². The van der Waals surface area contributed by atoms with Gasteiger partial charge in [0.05, 0.1) is 31.4 Å². The van der Waals surface area contributed by atoms with Crippen LogP contribution in [0, 0.1) is 5.92 Å². The number of carbonyl (C=O) groups excluding carboxylic acids is 6. The number of ether oxygens (including phenoxy) is 3. The van der Waals surface area contributed by atoms with E-state index in [1.54, 1.807) is 34.3 Å². The summed E-state index contributed by atoms with van der Waals surface area (Å²) < 4.78 is 14.3. The summed E-state index contributed by atoms with van der Waals surface area (Å²) in [5, 5.41) is 15.6. The molecule has 15 nitrogen and oxygen atoms in total. The van der Waals surface area contributed by atoms with Crippen LogP contribution < -0.4 is 30.9 Å². The zero-order valence-electron chi connectivity index (χ0n) is 35.9. The van der Waals surface area contributed by atoms with Crippen LogP contribution in [-0.2, 0) is 46.5 Å². The van der Waals surface area contributed by atoms with Gasteiger partial charge in [-0.05, 0) is 61.6 Å². The predicted molar refractivity (Wildman–Crippen MR) is 236 cm³/mol. The standard InChI is InChI=1S/C19H20N2O4.C18H26N2O4.C5H8.C2H6O.CH3NO/c1-20-15(7-13-5-3-4-6-16(13)20)10-21(12-23)17-9-18(24)19(25-2)8-14(17)11-22;1-14(12-19-17(22)6-4-3-5-11-21)18(23)20-16-9-7-15(8-10-16)13-24-2;1-3-5-4-2;1-3-2;2-1-3/h3-6,8-9,11-12,15,24H,7,10H2,1-2H3;7-11,14H,3-6,12-13H2,1-2H3,(H,19,22)(H,20,23);3-5H,1H2,2H3;1-2H3;1H,(H2,2,3)/b;;5-4-;;. The summed E-state index contributed by atoms with van der Waals surface area (Å²) >= 11 is 0. The molecule has 0 fully saturated rings. The number of anilines is 3. The number of unbranched alkanes of at least 4 members (excludes halogenated alkanes) is 2. The summed E-state index contributed by atoms with van der Waals surface area (Å²) in [6.45, 7) is 8.42. The van der Waals surface area contributed by atoms with Crippen LogP contribution in [0.4, 0.5) is 17.1 Å². The minimum absolute atomic E-state index is 0.0892. The first-order valence-electron chi connectivity index (χ1n) is 19.2. The first-order valence-corrected chi connectivity index (χ1v) is 19.2. The zero-order valence-corrected chi connectivity index (χ0v) is 35.9. The normalized spacial score (nSPS) is 12.4. The Balaban J connectivity index is 0.000000933. The molecule has 1 aliphatic heterocycles. The Morgan fingerprint density at radius 1 is 1.03 bits per heavy atom. The van der Waals surface area contributed by atoms with Crippen molar-refractivity contribution < 1.29 is 48.1 Å². The lowest BCUT2D eigenvalue weighted by molar-refractivity contribution is -0.122. The Morgan fingerprint density at radius 3 is 2.20 bits per heavy atom. The smallest absolute Gasteiger partial charge is 0.228 e. The molecule has 3 aromatic rings. The molecule has 15 heteroatoms. The number of fused-ring (bicyclic) bond motifs is 1. The number of aromatic hydroxyl groups is 1. The van der Waals surface area contributed by atoms with E-state index < -0.39 is 0 Å². The number of hydrogen-bond acceptors (Lipinski definition) is 11. The molecule has 0 bridgehead atoms. The van der Waals surface area contributed by atoms with Crippen molar-refractivity contribution >= 4 is 54.3 Å². The first-order chi connectivity index (χ1) is 28.9. The second-order valence-electron chi connectivity index (χ2n) is 13.1. The molecule has 328 valence electrons. The number of carbonyl (C=O) groups is 6. The molecule has 1 aliphatic rings. The molecule has 0 radical (unpaired) electrons. The third kappa shape index (κ3) is 20.4. The van der Waals surface area contributed by atoms with Crippen molar-refractivity contribution in [1.82, 2.24) is 5.32 Å². The number of phenols is 1. The predicted octanol–water partition coefficient (Wildman–Crippen LogP) is 5.63. The van der Waals surface area contributed by atoms with Crippen LogP contribution in [-0.4, -0.2) is 96.9 Å². The monoisotopic (exact) mass is 833 g/mol. The molecule has 0 aromatic heterocycles. The van der Waals surface area contributed by atoms with Crippen LogP contribution >= 0.6 is 0 Å². The summed E-state index contributed by atoms with van der Waals surface area (Å²) in [4.78, 5) is 69.2. The molecule has 2 atom stereocenters. The molecule has 4 amide bonds. The van der Waals surface area contributed by atoms with Gasteiger partial charge in [0.15, 0.2) is 17.8 Å². The van der Waals surface area contributed by atoms with Gasteiger partial charge in [0.25, 0.3) is 0 Å². The van der Waals surface area contributed by atoms with Gasteiger partial charge in [-0.25, -0.2) is 0 Å². The van der Waals surface area contributed by atoms with E-state index in [0.717, 1.165) is 24.0 Å². The lowest BCUT2D eigenvalue weighted by Gasteiger charge is -2.28. The molecule has 5 N–H and O–H groups in total. The maximum Gasteiger partial charge on any atom is 0.228 e. The van der Waals surface area contributed by atoms with Gasteiger partial charge in [-0.2, -0.15) is 0 Å². The summed E-state index contributed by atoms with van der Waals surface area (Å²) in [6.07, 6.45) is 11.1. The number of nitrogens with one attached hydrogen (secondary N) is 2. The SMILES string of the molecule is C=C/C=C\C.COC.COCc1ccc(NC(=O)C(C)CNC(=O)CCCCC=O)cc1.COc1cc(C=O)c(N(C=O)CC2Cc3ccccc3N2C)cc1O.NC=O. The minimum Gasteiger partial charge on any atom is -0.504 e. The molecular formula is C45H63N5O10. The van der Waals surface area contributed by atoms with Crippen molar-refractivity contribution in [2.45, 2.75) is 58.6 Å². The third-order valence-electron chi connectivity index (χ3n) is 8.56. The summed E-state index contributed by atoms with van der Waals surface area (Å²) in [6, 6.07) is 18.5. The summed E-state index contributed by atoms with van der Waals surface area (Å²) in [7, 11) is 8.28. The Kier molecular flexibility index (Phi) is 29.2. The van der Waals surface area contributed by atoms with Crippen LogP contribution in [0.1, 0.15) is 61.0 Å². The minimum atomic E-state index is -0.331. The van der Waals surface area contributed by atoms with E-state index in [4.69, 9.17) is 14.3 Å². The van der Waals surface area contributed by atoms with Crippen molar-refractivity contribution in [3.8, 4) is 11.5 Å². The van der Waals surface area contributed by atoms with E-state index in [1.807, 2.05) is 62.5 Å². The van der Waals surface area contributed by atoms with E-state index in [1.165, 1.54) is 29.7 Å². The number of rotatable bonds is 18. The number of primary amides is 1. The van der Waals surface area contributed by atoms with E-state index in [-0.39, 0.29) is 41.7 Å². The Bertz CT molecular complexity index is 1770. The number of allylic oxidation sites excluding steroid dienone is 3. The molecule has 0 spiro atoms. The van der Waals surface area contributed by atoms with Crippen molar-refractivity contribution in [2.75, 3.05) is 63.7 Å². The molecule has 0 saturated carbocycles. The fourth-order valence-electron chi connectivity index (χ4n) is 5.52. The van der Waals surface area contributed by atoms with Gasteiger partial charge >= 0.3 is 0 Å². The average molecular weight is 834 g/mol. The molecular weight excluding hydrogens is 771 g/mol. The lowest BCUT2D eigenvalue weighted by Crippen LogP contribution is -2.40. The molecule has 60 heavy (non-hydrogen) atoms. The number of aldehydes is 2. The Labute approximate surface area is 354 Å². The molecule has 0 saturated heterocycles. The van der Waals surface area contributed by atoms with Crippen molar-refractivity contribution in [3.63, 3.8) is 0 Å². The quantitative estimate of drug-likeness (QED) is 0.0702. The number of phenolic OH excluding ortho intramolecular Hbond substituents is 1. The van der Waals surface area contributed by atoms with Crippen LogP contribution in [0.2, 0.25) is 0 Å². The van der Waals surface area contributed by atoms with Gasteiger partial charge in [0.1, 0.15) is 6.29 Å². The van der Waals surface area contributed by atoms with Gasteiger partial charge in [0.2, 0.25) is 24.6 Å². The number of hydrogen-bond donors (Lipinski definition) is 4. The maximum absolute atomic E-state index is 12.1. The second-order valence-corrected chi connectivity index (χ2v) is 13.1. The van der Waals surface area contributed by atoms with Crippen molar-refractivity contribution in [1.29, 1.82) is 0 Å². The van der Waals surface area contributed by atoms with E-state index in [9.17, 15) is 29.1 Å². The highest BCUT2D eigenvalue weighted by Gasteiger charge is 2.29. The molecule has 1 heterocycles. The highest BCUT2D eigenvalue weighted by molar-refractivity contribution is 5.93. The maximum atomic E-state index is 12.1. The summed E-state index contributed by atoms with van der Waals surface area (Å²) in [5.74, 6) is -0.483. The topological polar surface area (TPSA) is 207 Å². The van der Waals surface area contributed by atoms with Gasteiger partial charge in [-0.3, -0.25) is 24.0 Å². The van der Waals surface area contributed by atoms with E-state index in [2.05, 4.69) is 44.7 Å². The molecule has 2 unspecified atom stereocenters. The van der Waals surface area contributed by atoms with Crippen molar-refractivity contribution in [3.05, 3.63) is 102 Å². The Hall–Kier alpha value is -6.32. The van der Waals surface area contributed by atoms with Crippen LogP contribution in [0.3, 0.4) is 0 Å². The number of nitrogens with zero attached hydrogens (tertiary/aromatic N) is 2. The van der Waals surface area contributed by atoms with Gasteiger partial charge in [0, 0.05) is 77.3 Å². The zero-order chi connectivity index (χ0) is 45.3. The first kappa shape index (κ1) is 53.7. The Morgan fingerprint density at radius 2 is 1.68 bits per heavy atom. The molecule has 3 aromatic carbocycles. The van der Waals surface area contributed by atoms with Crippen LogP contribution in [0.5, 0.6) is 11.5 Å². The highest BCUT2D eigenvalue weighted by atomic mass is 16.5. The van der Waals surface area contributed by atoms with E-state index in [0.29, 0.717) is 75.0 Å². The second kappa shape index (κ2) is 32.6. The molecule has 0 aliphatic carbocycles. The van der Waals surface area contributed by atoms with Crippen LogP contribution in [0.15, 0.2) is 85.5 Å². The molecule has 4 rings (SSSR count). The largest absolute Gasteiger partial charge is 0.504 e. The van der Waals surface area contributed by atoms with Gasteiger partial charge < -0.3 is 50.3 Å². The third-order valence-corrected chi connectivity index (χ3v) is 8.56. The lowest BCUT2D eigenvalue weighted by atomic mass is 10.1. The van der Waals surface area contributed by atoms with Crippen molar-refractivity contribution in [2.24, 2.45) is 11.7 Å². The fraction of sp³-hybridized carbons (Fsp3) is 0.378. The van der Waals surface area contributed by atoms with Gasteiger partial charge in [-0.1, -0.05) is 62.1 Å². The fourth-order valence-corrected chi connectivity index (χ4v) is 5.52. The number of benzene rings is 3.